The van der Waals surface area contributed by atoms with Crippen molar-refractivity contribution in [1.82, 2.24) is 4.72 Å². The maximum absolute atomic E-state index is 12.0. The van der Waals surface area contributed by atoms with Crippen LogP contribution in [0.25, 0.3) is 0 Å². The van der Waals surface area contributed by atoms with Crippen molar-refractivity contribution in [2.24, 2.45) is 0 Å². The molecule has 3 nitrogen and oxygen atoms in total. The summed E-state index contributed by atoms with van der Waals surface area (Å²) >= 11 is 0. The molecule has 0 radical (unpaired) electrons. The molecule has 1 aliphatic carbocycles. The Bertz CT molecular complexity index is 480. The number of rotatable bonds is 3. The fourth-order valence-electron chi connectivity index (χ4n) is 1.72. The smallest absolute Gasteiger partial charge is 0.207 e. The van der Waals surface area contributed by atoms with Crippen LogP contribution in [-0.4, -0.2) is 14.5 Å². The average Bonchev–Trinajstić information content (AvgIpc) is 2.70. The lowest BCUT2D eigenvalue weighted by atomic mass is 10.2. The Morgan fingerprint density at radius 3 is 2.25 bits per heavy atom. The minimum absolute atomic E-state index is 0.0197. The fourth-order valence-corrected chi connectivity index (χ4v) is 2.98. The van der Waals surface area contributed by atoms with E-state index in [-0.39, 0.29) is 6.04 Å². The Kier molecular flexibility index (Phi) is 3.12. The molecule has 1 aromatic rings. The molecule has 0 bridgehead atoms. The van der Waals surface area contributed by atoms with E-state index in [0.717, 1.165) is 18.4 Å². The molecule has 0 aromatic heterocycles. The van der Waals surface area contributed by atoms with Crippen LogP contribution in [0.1, 0.15) is 18.4 Å². The van der Waals surface area contributed by atoms with E-state index < -0.39 is 10.0 Å². The van der Waals surface area contributed by atoms with Crippen molar-refractivity contribution in [1.29, 1.82) is 0 Å². The fraction of sp³-hybridized carbons (Fsp3) is 0.333. The zero-order valence-corrected chi connectivity index (χ0v) is 10.00. The van der Waals surface area contributed by atoms with Crippen LogP contribution in [0.5, 0.6) is 0 Å². The Morgan fingerprint density at radius 2 is 1.69 bits per heavy atom. The molecule has 86 valence electrons. The molecule has 1 N–H and O–H groups in total. The average molecular weight is 237 g/mol. The van der Waals surface area contributed by atoms with Crippen molar-refractivity contribution >= 4 is 10.0 Å². The maximum atomic E-state index is 12.0. The van der Waals surface area contributed by atoms with Gasteiger partial charge in [0.25, 0.3) is 0 Å². The van der Waals surface area contributed by atoms with E-state index in [1.165, 1.54) is 0 Å². The largest absolute Gasteiger partial charge is 0.240 e. The zero-order chi connectivity index (χ0) is 11.6. The molecule has 0 aliphatic heterocycles. The predicted octanol–water partition coefficient (Wildman–Crippen LogP) is 1.99. The highest BCUT2D eigenvalue weighted by Crippen LogP contribution is 2.15. The quantitative estimate of drug-likeness (QED) is 0.817. The second kappa shape index (κ2) is 4.39. The molecule has 1 aliphatic rings. The van der Waals surface area contributed by atoms with E-state index >= 15 is 0 Å². The molecular weight excluding hydrogens is 222 g/mol. The Hall–Kier alpha value is -1.13. The third-order valence-electron chi connectivity index (χ3n) is 2.66. The number of sulfonamides is 1. The Labute approximate surface area is 96.2 Å². The molecule has 0 saturated heterocycles. The summed E-state index contributed by atoms with van der Waals surface area (Å²) in [6.07, 6.45) is 5.57. The molecule has 2 rings (SSSR count). The number of aryl methyl sites for hydroxylation is 1. The first-order chi connectivity index (χ1) is 7.58. The van der Waals surface area contributed by atoms with E-state index in [1.807, 2.05) is 31.2 Å². The number of hydrogen-bond acceptors (Lipinski definition) is 2. The van der Waals surface area contributed by atoms with Crippen LogP contribution in [0.4, 0.5) is 0 Å². The van der Waals surface area contributed by atoms with Gasteiger partial charge in [-0.3, -0.25) is 0 Å². The predicted molar refractivity (Wildman–Crippen MR) is 63.7 cm³/mol. The van der Waals surface area contributed by atoms with Gasteiger partial charge in [-0.1, -0.05) is 29.8 Å². The van der Waals surface area contributed by atoms with Crippen molar-refractivity contribution in [2.45, 2.75) is 30.7 Å². The summed E-state index contributed by atoms with van der Waals surface area (Å²) in [6, 6.07) is 6.91. The first-order valence-corrected chi connectivity index (χ1v) is 6.80. The molecular formula is C12H15NO2S. The summed E-state index contributed by atoms with van der Waals surface area (Å²) in [5.74, 6) is 0. The van der Waals surface area contributed by atoms with Crippen molar-refractivity contribution in [2.75, 3.05) is 0 Å². The molecule has 0 atom stereocenters. The number of nitrogens with one attached hydrogen (secondary N) is 1. The van der Waals surface area contributed by atoms with Gasteiger partial charge in [-0.2, -0.15) is 0 Å². The van der Waals surface area contributed by atoms with Crippen LogP contribution in [0.15, 0.2) is 41.3 Å². The van der Waals surface area contributed by atoms with Gasteiger partial charge >= 0.3 is 0 Å². The highest BCUT2D eigenvalue weighted by atomic mass is 32.2. The minimum atomic E-state index is -3.35. The first-order valence-electron chi connectivity index (χ1n) is 5.32. The van der Waals surface area contributed by atoms with E-state index in [1.54, 1.807) is 12.1 Å². The van der Waals surface area contributed by atoms with Crippen LogP contribution in [0.2, 0.25) is 0 Å². The monoisotopic (exact) mass is 237 g/mol. The van der Waals surface area contributed by atoms with Gasteiger partial charge in [-0.25, -0.2) is 13.1 Å². The number of hydrogen-bond donors (Lipinski definition) is 1. The molecule has 0 heterocycles. The first kappa shape index (κ1) is 11.4. The van der Waals surface area contributed by atoms with Crippen molar-refractivity contribution in [3.63, 3.8) is 0 Å². The van der Waals surface area contributed by atoms with Gasteiger partial charge in [0.1, 0.15) is 0 Å². The molecule has 0 unspecified atom stereocenters. The lowest BCUT2D eigenvalue weighted by molar-refractivity contribution is 0.557. The molecule has 4 heteroatoms. The van der Waals surface area contributed by atoms with Gasteiger partial charge in [0.05, 0.1) is 4.90 Å². The number of benzene rings is 1. The van der Waals surface area contributed by atoms with Crippen molar-refractivity contribution < 1.29 is 8.42 Å². The molecule has 0 spiro atoms. The van der Waals surface area contributed by atoms with Gasteiger partial charge in [-0.15, -0.1) is 0 Å². The van der Waals surface area contributed by atoms with Crippen molar-refractivity contribution in [3.05, 3.63) is 42.0 Å². The van der Waals surface area contributed by atoms with Crippen LogP contribution in [0, 0.1) is 6.92 Å². The lowest BCUT2D eigenvalue weighted by Gasteiger charge is -2.12. The van der Waals surface area contributed by atoms with Crippen molar-refractivity contribution in [3.8, 4) is 0 Å². The van der Waals surface area contributed by atoms with Crippen LogP contribution >= 0.6 is 0 Å². The van der Waals surface area contributed by atoms with E-state index in [2.05, 4.69) is 4.72 Å². The van der Waals surface area contributed by atoms with Gasteiger partial charge in [0, 0.05) is 6.04 Å². The summed E-state index contributed by atoms with van der Waals surface area (Å²) in [6.45, 7) is 1.94. The summed E-state index contributed by atoms with van der Waals surface area (Å²) in [4.78, 5) is 0.338. The molecule has 0 saturated carbocycles. The summed E-state index contributed by atoms with van der Waals surface area (Å²) in [5, 5.41) is 0. The zero-order valence-electron chi connectivity index (χ0n) is 9.18. The minimum Gasteiger partial charge on any atom is -0.207 e. The Morgan fingerprint density at radius 1 is 1.12 bits per heavy atom. The van der Waals surface area contributed by atoms with Gasteiger partial charge < -0.3 is 0 Å². The van der Waals surface area contributed by atoms with E-state index in [9.17, 15) is 8.42 Å². The molecule has 0 fully saturated rings. The third kappa shape index (κ3) is 2.51. The van der Waals surface area contributed by atoms with Crippen LogP contribution in [0.3, 0.4) is 0 Å². The topological polar surface area (TPSA) is 46.2 Å². The van der Waals surface area contributed by atoms with Gasteiger partial charge in [0.15, 0.2) is 0 Å². The summed E-state index contributed by atoms with van der Waals surface area (Å²) in [7, 11) is -3.35. The summed E-state index contributed by atoms with van der Waals surface area (Å²) < 4.78 is 26.6. The second-order valence-corrected chi connectivity index (χ2v) is 5.79. The third-order valence-corrected chi connectivity index (χ3v) is 4.20. The standard InChI is InChI=1S/C12H15NO2S/c1-10-6-8-12(9-7-10)16(14,15)13-11-4-2-3-5-11/h2-3,6-9,11,13H,4-5H2,1H3. The van der Waals surface area contributed by atoms with Crippen LogP contribution < -0.4 is 4.72 Å². The van der Waals surface area contributed by atoms with E-state index in [4.69, 9.17) is 0 Å². The Balaban J connectivity index is 2.15. The summed E-state index contributed by atoms with van der Waals surface area (Å²) in [5.41, 5.74) is 1.06. The normalized spacial score (nSPS) is 16.8. The maximum Gasteiger partial charge on any atom is 0.240 e. The molecule has 16 heavy (non-hydrogen) atoms. The van der Waals surface area contributed by atoms with E-state index in [0.29, 0.717) is 4.90 Å². The van der Waals surface area contributed by atoms with Gasteiger partial charge in [0.2, 0.25) is 10.0 Å². The SMILES string of the molecule is Cc1ccc(S(=O)(=O)NC2CC=CC2)cc1. The molecule has 0 amide bonds. The molecule has 1 aromatic carbocycles. The highest BCUT2D eigenvalue weighted by Gasteiger charge is 2.20. The van der Waals surface area contributed by atoms with Crippen LogP contribution in [-0.2, 0) is 10.0 Å². The van der Waals surface area contributed by atoms with Gasteiger partial charge in [-0.05, 0) is 31.9 Å². The second-order valence-electron chi connectivity index (χ2n) is 4.07. The highest BCUT2D eigenvalue weighted by molar-refractivity contribution is 7.89. The lowest BCUT2D eigenvalue weighted by Crippen LogP contribution is -2.32.